The van der Waals surface area contributed by atoms with Crippen LogP contribution in [0.4, 0.5) is 4.39 Å². The molecule has 0 nitrogen and oxygen atoms in total. The fraction of sp³-hybridized carbons (Fsp3) is 0.375. The fourth-order valence-electron chi connectivity index (χ4n) is 1.61. The fourth-order valence-corrected chi connectivity index (χ4v) is 1.61. The Balaban J connectivity index is 2.55. The number of rotatable bonds is 5. The average molecular weight is 230 g/mol. The van der Waals surface area contributed by atoms with Crippen molar-refractivity contribution in [2.45, 2.75) is 38.8 Å². The molecule has 0 saturated heterocycles. The molecule has 0 aromatic heterocycles. The predicted octanol–water partition coefficient (Wildman–Crippen LogP) is 4.29. The summed E-state index contributed by atoms with van der Waals surface area (Å²) in [7, 11) is 0. The van der Waals surface area contributed by atoms with Gasteiger partial charge in [-0.2, -0.15) is 0 Å². The molecular weight excluding hydrogens is 211 g/mol. The van der Waals surface area contributed by atoms with Crippen LogP contribution in [0.3, 0.4) is 0 Å². The van der Waals surface area contributed by atoms with Crippen molar-refractivity contribution in [2.24, 2.45) is 0 Å². The lowest BCUT2D eigenvalue weighted by atomic mass is 10.0. The van der Waals surface area contributed by atoms with Gasteiger partial charge in [0.2, 0.25) is 0 Å². The molecule has 0 spiro atoms. The Morgan fingerprint density at radius 1 is 1.41 bits per heavy atom. The van der Waals surface area contributed by atoms with Crippen molar-refractivity contribution in [1.82, 2.24) is 0 Å². The number of hydrogen-bond acceptors (Lipinski definition) is 0. The second-order valence-electron chi connectivity index (χ2n) is 4.12. The number of allylic oxidation sites excluding steroid dienone is 1. The van der Waals surface area contributed by atoms with Crippen molar-refractivity contribution in [3.63, 3.8) is 0 Å². The average Bonchev–Trinajstić information content (AvgIpc) is 2.31. The van der Waals surface area contributed by atoms with E-state index in [2.05, 4.69) is 24.5 Å². The van der Waals surface area contributed by atoms with Crippen LogP contribution in [0.2, 0.25) is 0 Å². The molecule has 17 heavy (non-hydrogen) atoms. The maximum absolute atomic E-state index is 12.6. The molecule has 0 aliphatic rings. The van der Waals surface area contributed by atoms with Crippen LogP contribution in [0.5, 0.6) is 0 Å². The second-order valence-corrected chi connectivity index (χ2v) is 4.12. The van der Waals surface area contributed by atoms with E-state index in [0.717, 1.165) is 24.8 Å². The summed E-state index contributed by atoms with van der Waals surface area (Å²) in [6.07, 6.45) is 4.19. The van der Waals surface area contributed by atoms with Gasteiger partial charge >= 0.3 is 0 Å². The summed E-state index contributed by atoms with van der Waals surface area (Å²) >= 11 is 0. The zero-order chi connectivity index (χ0) is 12.5. The molecular formula is C16H19F. The van der Waals surface area contributed by atoms with Crippen LogP contribution in [-0.4, -0.2) is 6.17 Å². The van der Waals surface area contributed by atoms with Crippen molar-refractivity contribution >= 4 is 0 Å². The van der Waals surface area contributed by atoms with Gasteiger partial charge in [-0.1, -0.05) is 36.1 Å². The smallest absolute Gasteiger partial charge is 0.0973 e. The summed E-state index contributed by atoms with van der Waals surface area (Å²) in [4.78, 5) is 0. The van der Waals surface area contributed by atoms with Crippen molar-refractivity contribution in [3.8, 4) is 11.8 Å². The van der Waals surface area contributed by atoms with E-state index in [1.54, 1.807) is 6.92 Å². The first-order valence-corrected chi connectivity index (χ1v) is 6.05. The Morgan fingerprint density at radius 2 is 2.18 bits per heavy atom. The third kappa shape index (κ3) is 5.36. The Kier molecular flexibility index (Phi) is 6.10. The van der Waals surface area contributed by atoms with Crippen molar-refractivity contribution < 1.29 is 4.39 Å². The summed E-state index contributed by atoms with van der Waals surface area (Å²) in [6, 6.07) is 8.08. The normalized spacial score (nSPS) is 11.4. The molecule has 1 unspecified atom stereocenters. The Bertz CT molecular complexity index is 407. The van der Waals surface area contributed by atoms with Gasteiger partial charge in [0, 0.05) is 12.0 Å². The first-order chi connectivity index (χ1) is 8.24. The van der Waals surface area contributed by atoms with Gasteiger partial charge in [-0.3, -0.25) is 0 Å². The minimum absolute atomic E-state index is 0.600. The Morgan fingerprint density at radius 3 is 2.88 bits per heavy atom. The molecule has 0 amide bonds. The lowest BCUT2D eigenvalue weighted by molar-refractivity contribution is 0.336. The molecule has 0 heterocycles. The summed E-state index contributed by atoms with van der Waals surface area (Å²) in [5, 5.41) is 0. The van der Waals surface area contributed by atoms with Crippen molar-refractivity contribution in [2.75, 3.05) is 0 Å². The maximum atomic E-state index is 12.6. The van der Waals surface area contributed by atoms with E-state index in [4.69, 9.17) is 0 Å². The predicted molar refractivity (Wildman–Crippen MR) is 71.6 cm³/mol. The number of alkyl halides is 1. The molecule has 0 saturated carbocycles. The highest BCUT2D eigenvalue weighted by atomic mass is 19.1. The highest BCUT2D eigenvalue weighted by Crippen LogP contribution is 2.09. The van der Waals surface area contributed by atoms with Crippen LogP contribution >= 0.6 is 0 Å². The second kappa shape index (κ2) is 7.68. The zero-order valence-corrected chi connectivity index (χ0v) is 10.4. The standard InChI is InChI=1S/C16H19F/c1-3-9-15-12-7-8-13-16(15)11-6-4-5-10-14(2)17/h3,7-8,12-14H,1,4-5,9-10H2,2H3. The quantitative estimate of drug-likeness (QED) is 0.402. The Hall–Kier alpha value is -1.55. The molecule has 0 bridgehead atoms. The van der Waals surface area contributed by atoms with Gasteiger partial charge in [0.25, 0.3) is 0 Å². The zero-order valence-electron chi connectivity index (χ0n) is 10.4. The molecule has 0 N–H and O–H groups in total. The van der Waals surface area contributed by atoms with E-state index in [0.29, 0.717) is 6.42 Å². The SMILES string of the molecule is C=CCc1ccccc1C#CCCCC(C)F. The number of unbranched alkanes of at least 4 members (excludes halogenated alkanes) is 1. The van der Waals surface area contributed by atoms with Crippen molar-refractivity contribution in [3.05, 3.63) is 48.0 Å². The molecule has 1 atom stereocenters. The third-order valence-corrected chi connectivity index (χ3v) is 2.51. The maximum Gasteiger partial charge on any atom is 0.0973 e. The topological polar surface area (TPSA) is 0 Å². The molecule has 1 aromatic rings. The lowest BCUT2D eigenvalue weighted by Gasteiger charge is -2.00. The highest BCUT2D eigenvalue weighted by Gasteiger charge is 1.97. The molecule has 0 radical (unpaired) electrons. The van der Waals surface area contributed by atoms with Gasteiger partial charge in [0.1, 0.15) is 0 Å². The minimum Gasteiger partial charge on any atom is -0.248 e. The van der Waals surface area contributed by atoms with Crippen molar-refractivity contribution in [1.29, 1.82) is 0 Å². The largest absolute Gasteiger partial charge is 0.248 e. The van der Waals surface area contributed by atoms with Gasteiger partial charge < -0.3 is 0 Å². The van der Waals surface area contributed by atoms with E-state index in [1.165, 1.54) is 5.56 Å². The van der Waals surface area contributed by atoms with Gasteiger partial charge in [-0.25, -0.2) is 4.39 Å². The van der Waals surface area contributed by atoms with E-state index in [9.17, 15) is 4.39 Å². The van der Waals surface area contributed by atoms with Gasteiger partial charge in [-0.05, 0) is 37.8 Å². The molecule has 1 aromatic carbocycles. The third-order valence-electron chi connectivity index (χ3n) is 2.51. The van der Waals surface area contributed by atoms with Crippen LogP contribution in [0.15, 0.2) is 36.9 Å². The Labute approximate surface area is 104 Å². The van der Waals surface area contributed by atoms with Crippen LogP contribution in [0, 0.1) is 11.8 Å². The van der Waals surface area contributed by atoms with E-state index < -0.39 is 6.17 Å². The number of halogens is 1. The number of benzene rings is 1. The molecule has 0 fully saturated rings. The first-order valence-electron chi connectivity index (χ1n) is 6.05. The molecule has 1 heteroatoms. The molecule has 0 aliphatic carbocycles. The van der Waals surface area contributed by atoms with E-state index in [1.807, 2.05) is 24.3 Å². The van der Waals surface area contributed by atoms with Gasteiger partial charge in [-0.15, -0.1) is 6.58 Å². The summed E-state index contributed by atoms with van der Waals surface area (Å²) < 4.78 is 12.6. The highest BCUT2D eigenvalue weighted by molar-refractivity contribution is 5.42. The van der Waals surface area contributed by atoms with Crippen LogP contribution in [0.1, 0.15) is 37.3 Å². The monoisotopic (exact) mass is 230 g/mol. The van der Waals surface area contributed by atoms with Crippen LogP contribution in [0.25, 0.3) is 0 Å². The lowest BCUT2D eigenvalue weighted by Crippen LogP contribution is -1.90. The van der Waals surface area contributed by atoms with Crippen LogP contribution < -0.4 is 0 Å². The summed E-state index contributed by atoms with van der Waals surface area (Å²) in [5.74, 6) is 6.26. The first kappa shape index (κ1) is 13.5. The molecule has 1 rings (SSSR count). The van der Waals surface area contributed by atoms with Gasteiger partial charge in [0.15, 0.2) is 0 Å². The number of hydrogen-bond donors (Lipinski definition) is 0. The van der Waals surface area contributed by atoms with E-state index in [-0.39, 0.29) is 0 Å². The molecule has 90 valence electrons. The summed E-state index contributed by atoms with van der Waals surface area (Å²) in [5.41, 5.74) is 2.26. The minimum atomic E-state index is -0.718. The van der Waals surface area contributed by atoms with Gasteiger partial charge in [0.05, 0.1) is 6.17 Å². The summed E-state index contributed by atoms with van der Waals surface area (Å²) in [6.45, 7) is 5.33. The molecule has 0 aliphatic heterocycles. The van der Waals surface area contributed by atoms with Crippen LogP contribution in [-0.2, 0) is 6.42 Å². The van der Waals surface area contributed by atoms with E-state index >= 15 is 0 Å².